The van der Waals surface area contributed by atoms with E-state index < -0.39 is 10.0 Å². The lowest BCUT2D eigenvalue weighted by atomic mass is 10.2. The molecule has 0 spiro atoms. The minimum absolute atomic E-state index is 0.195. The highest BCUT2D eigenvalue weighted by atomic mass is 32.2. The molecule has 0 unspecified atom stereocenters. The first-order valence-corrected chi connectivity index (χ1v) is 10.6. The summed E-state index contributed by atoms with van der Waals surface area (Å²) in [5, 5.41) is 10.3. The molecular formula is C21H21N3O4S. The smallest absolute Gasteiger partial charge is 0.260 e. The first-order chi connectivity index (χ1) is 14.0. The summed E-state index contributed by atoms with van der Waals surface area (Å²) in [4.78, 5) is 13.9. The summed E-state index contributed by atoms with van der Waals surface area (Å²) < 4.78 is 31.8. The van der Waals surface area contributed by atoms with Gasteiger partial charge in [-0.2, -0.15) is 9.57 Å². The average Bonchev–Trinajstić information content (AvgIpc) is 2.77. The van der Waals surface area contributed by atoms with Crippen LogP contribution in [0.1, 0.15) is 11.1 Å². The molecule has 0 aromatic heterocycles. The van der Waals surface area contributed by atoms with Gasteiger partial charge in [-0.25, -0.2) is 8.42 Å². The van der Waals surface area contributed by atoms with Crippen molar-refractivity contribution in [3.63, 3.8) is 0 Å². The van der Waals surface area contributed by atoms with Crippen molar-refractivity contribution in [2.45, 2.75) is 0 Å². The number of nitriles is 1. The maximum absolute atomic E-state index is 12.5. The van der Waals surface area contributed by atoms with E-state index in [1.807, 2.05) is 36.4 Å². The Labute approximate surface area is 170 Å². The lowest BCUT2D eigenvalue weighted by Crippen LogP contribution is -2.51. The van der Waals surface area contributed by atoms with Crippen molar-refractivity contribution in [3.8, 4) is 11.8 Å². The number of hydrogen-bond donors (Lipinski definition) is 0. The van der Waals surface area contributed by atoms with Crippen molar-refractivity contribution in [1.29, 1.82) is 5.26 Å². The summed E-state index contributed by atoms with van der Waals surface area (Å²) >= 11 is 0. The minimum atomic E-state index is -3.55. The van der Waals surface area contributed by atoms with E-state index in [0.29, 0.717) is 24.4 Å². The second kappa shape index (κ2) is 9.37. The predicted molar refractivity (Wildman–Crippen MR) is 109 cm³/mol. The number of ether oxygens (including phenoxy) is 1. The Morgan fingerprint density at radius 3 is 2.38 bits per heavy atom. The summed E-state index contributed by atoms with van der Waals surface area (Å²) in [6.45, 7) is 0.838. The Kier molecular flexibility index (Phi) is 6.65. The van der Waals surface area contributed by atoms with Gasteiger partial charge in [-0.3, -0.25) is 4.79 Å². The van der Waals surface area contributed by atoms with Gasteiger partial charge in [0.1, 0.15) is 11.8 Å². The Hall–Kier alpha value is -3.15. The van der Waals surface area contributed by atoms with E-state index >= 15 is 0 Å². The maximum Gasteiger partial charge on any atom is 0.260 e. The molecule has 0 bridgehead atoms. The first kappa shape index (κ1) is 20.6. The van der Waals surface area contributed by atoms with Crippen molar-refractivity contribution in [1.82, 2.24) is 9.21 Å². The molecule has 1 aliphatic heterocycles. The fourth-order valence-electron chi connectivity index (χ4n) is 2.92. The quantitative estimate of drug-likeness (QED) is 0.726. The maximum atomic E-state index is 12.5. The molecule has 0 saturated carbocycles. The molecule has 29 heavy (non-hydrogen) atoms. The zero-order chi connectivity index (χ0) is 20.7. The van der Waals surface area contributed by atoms with Gasteiger partial charge in [0.15, 0.2) is 6.61 Å². The summed E-state index contributed by atoms with van der Waals surface area (Å²) in [7, 11) is -3.55. The minimum Gasteiger partial charge on any atom is -0.482 e. The summed E-state index contributed by atoms with van der Waals surface area (Å²) in [6, 6.07) is 17.9. The van der Waals surface area contributed by atoms with Crippen LogP contribution in [0.4, 0.5) is 0 Å². The summed E-state index contributed by atoms with van der Waals surface area (Å²) in [5.41, 5.74) is 1.17. The fourth-order valence-corrected chi connectivity index (χ4v) is 4.10. The van der Waals surface area contributed by atoms with Gasteiger partial charge in [-0.15, -0.1) is 0 Å². The molecule has 2 aromatic rings. The van der Waals surface area contributed by atoms with Crippen LogP contribution in [-0.2, 0) is 14.8 Å². The van der Waals surface area contributed by atoms with Crippen molar-refractivity contribution in [2.24, 2.45) is 0 Å². The van der Waals surface area contributed by atoms with E-state index in [0.717, 1.165) is 5.56 Å². The number of rotatable bonds is 6. The third kappa shape index (κ3) is 5.44. The Balaban J connectivity index is 1.52. The van der Waals surface area contributed by atoms with Crippen molar-refractivity contribution in [2.75, 3.05) is 32.8 Å². The number of piperazine rings is 1. The van der Waals surface area contributed by atoms with Crippen LogP contribution in [-0.4, -0.2) is 56.3 Å². The van der Waals surface area contributed by atoms with Gasteiger partial charge in [0.2, 0.25) is 10.0 Å². The molecule has 1 fully saturated rings. The molecule has 7 nitrogen and oxygen atoms in total. The lowest BCUT2D eigenvalue weighted by Gasteiger charge is -2.33. The number of para-hydroxylation sites is 1. The second-order valence-electron chi connectivity index (χ2n) is 6.43. The van der Waals surface area contributed by atoms with Crippen LogP contribution in [0.5, 0.6) is 5.75 Å². The number of carbonyl (C=O) groups excluding carboxylic acids is 1. The number of sulfonamides is 1. The van der Waals surface area contributed by atoms with Crippen LogP contribution >= 0.6 is 0 Å². The highest BCUT2D eigenvalue weighted by molar-refractivity contribution is 7.92. The zero-order valence-corrected chi connectivity index (χ0v) is 16.6. The van der Waals surface area contributed by atoms with Crippen molar-refractivity contribution in [3.05, 3.63) is 71.1 Å². The van der Waals surface area contributed by atoms with Crippen LogP contribution in [0.2, 0.25) is 0 Å². The van der Waals surface area contributed by atoms with Crippen LogP contribution in [0.3, 0.4) is 0 Å². The molecule has 0 N–H and O–H groups in total. The summed E-state index contributed by atoms with van der Waals surface area (Å²) in [6.07, 6.45) is 1.56. The van der Waals surface area contributed by atoms with Crippen molar-refractivity contribution < 1.29 is 17.9 Å². The van der Waals surface area contributed by atoms with Crippen LogP contribution < -0.4 is 4.74 Å². The first-order valence-electron chi connectivity index (χ1n) is 9.12. The third-order valence-corrected chi connectivity index (χ3v) is 6.11. The molecule has 0 radical (unpaired) electrons. The molecule has 0 aliphatic carbocycles. The molecular weight excluding hydrogens is 390 g/mol. The summed E-state index contributed by atoms with van der Waals surface area (Å²) in [5.74, 6) is 0.116. The SMILES string of the molecule is N#Cc1ccccc1OCC(=O)N1CCN(S(=O)(=O)/C=C/c2ccccc2)CC1. The lowest BCUT2D eigenvalue weighted by molar-refractivity contribution is -0.134. The molecule has 1 aliphatic rings. The normalized spacial score (nSPS) is 15.2. The van der Waals surface area contributed by atoms with Gasteiger partial charge in [0.25, 0.3) is 5.91 Å². The number of nitrogens with zero attached hydrogens (tertiary/aromatic N) is 3. The molecule has 3 rings (SSSR count). The number of benzene rings is 2. The molecule has 150 valence electrons. The van der Waals surface area contributed by atoms with E-state index in [1.165, 1.54) is 9.71 Å². The largest absolute Gasteiger partial charge is 0.482 e. The van der Waals surface area contributed by atoms with E-state index in [1.54, 1.807) is 35.2 Å². The van der Waals surface area contributed by atoms with Crippen molar-refractivity contribution >= 4 is 22.0 Å². The number of amides is 1. The van der Waals surface area contributed by atoms with E-state index in [4.69, 9.17) is 10.00 Å². The Morgan fingerprint density at radius 1 is 1.03 bits per heavy atom. The molecule has 2 aromatic carbocycles. The van der Waals surface area contributed by atoms with Gasteiger partial charge in [-0.05, 0) is 23.8 Å². The Bertz CT molecular complexity index is 1020. The Morgan fingerprint density at radius 2 is 1.69 bits per heavy atom. The topological polar surface area (TPSA) is 90.7 Å². The fraction of sp³-hybridized carbons (Fsp3) is 0.238. The third-order valence-electron chi connectivity index (χ3n) is 4.54. The van der Waals surface area contributed by atoms with Crippen LogP contribution in [0.15, 0.2) is 60.0 Å². The predicted octanol–water partition coefficient (Wildman–Crippen LogP) is 2.08. The number of carbonyl (C=O) groups is 1. The zero-order valence-electron chi connectivity index (χ0n) is 15.8. The van der Waals surface area contributed by atoms with E-state index in [-0.39, 0.29) is 25.6 Å². The highest BCUT2D eigenvalue weighted by Gasteiger charge is 2.27. The van der Waals surface area contributed by atoms with Crippen LogP contribution in [0.25, 0.3) is 6.08 Å². The molecule has 1 amide bonds. The van der Waals surface area contributed by atoms with Gasteiger partial charge in [0.05, 0.1) is 5.56 Å². The van der Waals surface area contributed by atoms with E-state index in [9.17, 15) is 13.2 Å². The molecule has 0 atom stereocenters. The number of hydrogen-bond acceptors (Lipinski definition) is 5. The van der Waals surface area contributed by atoms with Gasteiger partial charge < -0.3 is 9.64 Å². The van der Waals surface area contributed by atoms with Gasteiger partial charge in [0, 0.05) is 31.6 Å². The van der Waals surface area contributed by atoms with Gasteiger partial charge in [-0.1, -0.05) is 42.5 Å². The van der Waals surface area contributed by atoms with Crippen LogP contribution in [0, 0.1) is 11.3 Å². The average molecular weight is 411 g/mol. The monoisotopic (exact) mass is 411 g/mol. The second-order valence-corrected chi connectivity index (χ2v) is 8.25. The highest BCUT2D eigenvalue weighted by Crippen LogP contribution is 2.17. The standard InChI is InChI=1S/C21H21N3O4S/c22-16-19-8-4-5-9-20(19)28-17-21(25)23-11-13-24(14-12-23)29(26,27)15-10-18-6-2-1-3-7-18/h1-10,15H,11-14,17H2/b15-10+. The molecule has 1 saturated heterocycles. The van der Waals surface area contributed by atoms with E-state index in [2.05, 4.69) is 0 Å². The van der Waals surface area contributed by atoms with Gasteiger partial charge >= 0.3 is 0 Å². The molecule has 8 heteroatoms. The molecule has 1 heterocycles.